The first-order valence-corrected chi connectivity index (χ1v) is 4.98. The molecule has 2 rings (SSSR count). The van der Waals surface area contributed by atoms with E-state index in [1.807, 2.05) is 0 Å². The van der Waals surface area contributed by atoms with Gasteiger partial charge in [0.15, 0.2) is 0 Å². The van der Waals surface area contributed by atoms with E-state index < -0.39 is 0 Å². The average molecular weight is 193 g/mol. The topological polar surface area (TPSA) is 67.9 Å². The van der Waals surface area contributed by atoms with Crippen molar-refractivity contribution >= 4 is 0 Å². The first kappa shape index (κ1) is 9.48. The van der Waals surface area contributed by atoms with Gasteiger partial charge in [0.05, 0.1) is 17.9 Å². The number of aromatic nitrogens is 3. The van der Waals surface area contributed by atoms with E-state index in [-0.39, 0.29) is 6.04 Å². The fourth-order valence-electron chi connectivity index (χ4n) is 1.93. The van der Waals surface area contributed by atoms with Crippen molar-refractivity contribution in [2.45, 2.75) is 18.9 Å². The Morgan fingerprint density at radius 1 is 1.36 bits per heavy atom. The van der Waals surface area contributed by atoms with E-state index in [1.165, 1.54) is 19.2 Å². The van der Waals surface area contributed by atoms with Gasteiger partial charge in [-0.3, -0.25) is 4.90 Å². The molecule has 0 radical (unpaired) electrons. The molecule has 14 heavy (non-hydrogen) atoms. The second-order valence-electron chi connectivity index (χ2n) is 3.52. The van der Waals surface area contributed by atoms with Crippen molar-refractivity contribution in [3.63, 3.8) is 0 Å². The van der Waals surface area contributed by atoms with Gasteiger partial charge in [-0.1, -0.05) is 0 Å². The summed E-state index contributed by atoms with van der Waals surface area (Å²) in [6.45, 7) is 2.83. The zero-order chi connectivity index (χ0) is 9.80. The van der Waals surface area contributed by atoms with Crippen LogP contribution in [0.4, 0.5) is 0 Å². The Morgan fingerprint density at radius 2 is 2.14 bits per heavy atom. The quantitative estimate of drug-likeness (QED) is 0.730. The molecular formula is C9H15N5. The number of hydrogen-bond acceptors (Lipinski definition) is 5. The molecule has 0 spiro atoms. The van der Waals surface area contributed by atoms with Gasteiger partial charge in [0.1, 0.15) is 6.33 Å². The molecule has 1 saturated heterocycles. The molecule has 1 aromatic rings. The van der Waals surface area contributed by atoms with Crippen LogP contribution in [0, 0.1) is 0 Å². The van der Waals surface area contributed by atoms with Gasteiger partial charge >= 0.3 is 0 Å². The molecule has 0 aromatic carbocycles. The van der Waals surface area contributed by atoms with Crippen LogP contribution in [0.2, 0.25) is 0 Å². The third kappa shape index (κ3) is 1.88. The average Bonchev–Trinajstić information content (AvgIpc) is 2.74. The van der Waals surface area contributed by atoms with Crippen molar-refractivity contribution in [3.8, 4) is 0 Å². The lowest BCUT2D eigenvalue weighted by molar-refractivity contribution is 0.246. The van der Waals surface area contributed by atoms with Gasteiger partial charge in [-0.25, -0.2) is 4.98 Å². The Morgan fingerprint density at radius 3 is 2.71 bits per heavy atom. The lowest BCUT2D eigenvalue weighted by Gasteiger charge is -2.24. The van der Waals surface area contributed by atoms with E-state index in [2.05, 4.69) is 20.1 Å². The van der Waals surface area contributed by atoms with E-state index in [0.29, 0.717) is 6.54 Å². The van der Waals surface area contributed by atoms with Crippen LogP contribution in [0.5, 0.6) is 0 Å². The van der Waals surface area contributed by atoms with Crippen LogP contribution in [0.15, 0.2) is 12.5 Å². The Hall–Kier alpha value is -1.07. The third-order valence-corrected chi connectivity index (χ3v) is 2.66. The van der Waals surface area contributed by atoms with Crippen molar-refractivity contribution in [2.24, 2.45) is 5.73 Å². The van der Waals surface area contributed by atoms with E-state index >= 15 is 0 Å². The van der Waals surface area contributed by atoms with E-state index in [9.17, 15) is 0 Å². The molecule has 5 nitrogen and oxygen atoms in total. The summed E-state index contributed by atoms with van der Waals surface area (Å²) in [6.07, 6.45) is 5.70. The highest BCUT2D eigenvalue weighted by Crippen LogP contribution is 2.21. The zero-order valence-electron chi connectivity index (χ0n) is 8.13. The first-order valence-electron chi connectivity index (χ1n) is 4.98. The van der Waals surface area contributed by atoms with Crippen molar-refractivity contribution < 1.29 is 0 Å². The molecule has 1 aromatic heterocycles. The number of hydrogen-bond donors (Lipinski definition) is 1. The maximum Gasteiger partial charge on any atom is 0.138 e. The van der Waals surface area contributed by atoms with Crippen molar-refractivity contribution in [3.05, 3.63) is 18.2 Å². The highest BCUT2D eigenvalue weighted by Gasteiger charge is 2.23. The smallest absolute Gasteiger partial charge is 0.138 e. The molecule has 0 saturated carbocycles. The minimum atomic E-state index is 0.216. The molecule has 0 amide bonds. The summed E-state index contributed by atoms with van der Waals surface area (Å²) in [5.41, 5.74) is 6.69. The summed E-state index contributed by atoms with van der Waals surface area (Å²) in [5.74, 6) is 0. The van der Waals surface area contributed by atoms with Gasteiger partial charge in [-0.15, -0.1) is 5.10 Å². The second kappa shape index (κ2) is 4.43. The minimum absolute atomic E-state index is 0.216. The van der Waals surface area contributed by atoms with Crippen LogP contribution in [-0.2, 0) is 0 Å². The normalized spacial score (nSPS) is 19.8. The van der Waals surface area contributed by atoms with Crippen molar-refractivity contribution in [2.75, 3.05) is 19.6 Å². The first-order chi connectivity index (χ1) is 6.92. The largest absolute Gasteiger partial charge is 0.329 e. The van der Waals surface area contributed by atoms with Gasteiger partial charge in [0.25, 0.3) is 0 Å². The van der Waals surface area contributed by atoms with E-state index in [0.717, 1.165) is 18.8 Å². The molecule has 0 bridgehead atoms. The predicted molar refractivity (Wildman–Crippen MR) is 52.4 cm³/mol. The molecular weight excluding hydrogens is 178 g/mol. The Bertz CT molecular complexity index is 270. The van der Waals surface area contributed by atoms with Crippen LogP contribution < -0.4 is 5.73 Å². The highest BCUT2D eigenvalue weighted by molar-refractivity contribution is 5.02. The molecule has 1 aliphatic heterocycles. The van der Waals surface area contributed by atoms with Crippen LogP contribution in [0.1, 0.15) is 24.6 Å². The summed E-state index contributed by atoms with van der Waals surface area (Å²) in [4.78, 5) is 6.56. The number of rotatable bonds is 3. The summed E-state index contributed by atoms with van der Waals surface area (Å²) in [7, 11) is 0. The van der Waals surface area contributed by atoms with Crippen LogP contribution >= 0.6 is 0 Å². The van der Waals surface area contributed by atoms with Crippen LogP contribution in [0.25, 0.3) is 0 Å². The Labute approximate surface area is 83.3 Å². The second-order valence-corrected chi connectivity index (χ2v) is 3.52. The molecule has 1 atom stereocenters. The molecule has 2 heterocycles. The maximum absolute atomic E-state index is 5.75. The Balaban J connectivity index is 2.12. The van der Waals surface area contributed by atoms with Gasteiger partial charge in [0.2, 0.25) is 0 Å². The van der Waals surface area contributed by atoms with Gasteiger partial charge in [-0.2, -0.15) is 5.10 Å². The van der Waals surface area contributed by atoms with Crippen molar-refractivity contribution in [1.82, 2.24) is 20.1 Å². The maximum atomic E-state index is 5.75. The molecule has 76 valence electrons. The number of likely N-dealkylation sites (tertiary alicyclic amines) is 1. The third-order valence-electron chi connectivity index (χ3n) is 2.66. The van der Waals surface area contributed by atoms with Gasteiger partial charge in [0, 0.05) is 6.54 Å². The number of nitrogens with zero attached hydrogens (tertiary/aromatic N) is 4. The summed E-state index contributed by atoms with van der Waals surface area (Å²) in [6, 6.07) is 0.216. The molecule has 2 N–H and O–H groups in total. The molecule has 5 heteroatoms. The SMILES string of the molecule is NCC(c1cnncn1)N1CCCC1. The predicted octanol–water partition coefficient (Wildman–Crippen LogP) is -0.0328. The lowest BCUT2D eigenvalue weighted by atomic mass is 10.2. The molecule has 0 aliphatic carbocycles. The lowest BCUT2D eigenvalue weighted by Crippen LogP contribution is -2.32. The van der Waals surface area contributed by atoms with E-state index in [1.54, 1.807) is 6.20 Å². The standard InChI is InChI=1S/C9H15N5/c10-5-9(14-3-1-2-4-14)8-6-12-13-7-11-8/h6-7,9H,1-5,10H2. The molecule has 1 fully saturated rings. The number of nitrogens with two attached hydrogens (primary N) is 1. The Kier molecular flexibility index (Phi) is 3.00. The van der Waals surface area contributed by atoms with E-state index in [4.69, 9.17) is 5.73 Å². The van der Waals surface area contributed by atoms with Gasteiger partial charge in [-0.05, 0) is 25.9 Å². The fourth-order valence-corrected chi connectivity index (χ4v) is 1.93. The highest BCUT2D eigenvalue weighted by atomic mass is 15.2. The zero-order valence-corrected chi connectivity index (χ0v) is 8.13. The van der Waals surface area contributed by atoms with Crippen molar-refractivity contribution in [1.29, 1.82) is 0 Å². The summed E-state index contributed by atoms with van der Waals surface area (Å²) >= 11 is 0. The summed E-state index contributed by atoms with van der Waals surface area (Å²) < 4.78 is 0. The van der Waals surface area contributed by atoms with Gasteiger partial charge < -0.3 is 5.73 Å². The van der Waals surface area contributed by atoms with Crippen LogP contribution in [0.3, 0.4) is 0 Å². The molecule has 1 unspecified atom stereocenters. The van der Waals surface area contributed by atoms with Crippen LogP contribution in [-0.4, -0.2) is 39.7 Å². The fraction of sp³-hybridized carbons (Fsp3) is 0.667. The molecule has 1 aliphatic rings. The minimum Gasteiger partial charge on any atom is -0.329 e. The summed E-state index contributed by atoms with van der Waals surface area (Å²) in [5, 5.41) is 7.50. The monoisotopic (exact) mass is 193 g/mol.